The molecule has 3 amide bonds. The van der Waals surface area contributed by atoms with Gasteiger partial charge in [-0.3, -0.25) is 4.79 Å². The lowest BCUT2D eigenvalue weighted by atomic mass is 9.53. The Morgan fingerprint density at radius 3 is 2.26 bits per heavy atom. The second-order valence-corrected chi connectivity index (χ2v) is 10.9. The summed E-state index contributed by atoms with van der Waals surface area (Å²) in [6.45, 7) is 1.58. The Hall–Kier alpha value is -2.80. The number of nitrogens with one attached hydrogen (secondary N) is 1. The molecule has 4 bridgehead atoms. The first-order chi connectivity index (χ1) is 17.0. The molecule has 4 aliphatic carbocycles. The fraction of sp³-hybridized carbons (Fsp3) is 0.571. The second-order valence-electron chi connectivity index (χ2n) is 10.9. The van der Waals surface area contributed by atoms with Crippen LogP contribution in [0.25, 0.3) is 0 Å². The maximum atomic E-state index is 13.5. The standard InChI is InChI=1S/C28H37N3O4/c1-34-11-9-30(27(33)29-28-15-22-12-23(16-28)14-24(13-22)17-28)20-26(32)31(19-25-8-5-10-35-25)18-21-6-3-2-4-7-21/h2-8,10,22-24H,9,11-20H2,1H3,(H,29,33). The molecule has 0 atom stereocenters. The van der Waals surface area contributed by atoms with E-state index in [1.807, 2.05) is 42.5 Å². The molecule has 4 aliphatic rings. The minimum atomic E-state index is -0.144. The molecule has 4 saturated carbocycles. The third kappa shape index (κ3) is 5.72. The number of carbonyl (C=O) groups is 2. The predicted molar refractivity (Wildman–Crippen MR) is 132 cm³/mol. The highest BCUT2D eigenvalue weighted by Crippen LogP contribution is 2.55. The number of methoxy groups -OCH3 is 1. The molecule has 6 rings (SSSR count). The second kappa shape index (κ2) is 10.4. The van der Waals surface area contributed by atoms with Crippen molar-refractivity contribution in [1.29, 1.82) is 0 Å². The Labute approximate surface area is 207 Å². The van der Waals surface area contributed by atoms with Crippen LogP contribution in [0.4, 0.5) is 4.79 Å². The zero-order valence-corrected chi connectivity index (χ0v) is 20.7. The predicted octanol–water partition coefficient (Wildman–Crippen LogP) is 4.44. The molecule has 4 fully saturated rings. The lowest BCUT2D eigenvalue weighted by Crippen LogP contribution is -2.62. The molecule has 1 heterocycles. The first-order valence-electron chi connectivity index (χ1n) is 12.9. The molecule has 1 aromatic heterocycles. The molecule has 0 saturated heterocycles. The van der Waals surface area contributed by atoms with Crippen LogP contribution < -0.4 is 5.32 Å². The van der Waals surface area contributed by atoms with Crippen LogP contribution in [0, 0.1) is 17.8 Å². The third-order valence-corrected chi connectivity index (χ3v) is 8.08. The van der Waals surface area contributed by atoms with Crippen LogP contribution >= 0.6 is 0 Å². The van der Waals surface area contributed by atoms with E-state index in [2.05, 4.69) is 5.32 Å². The van der Waals surface area contributed by atoms with E-state index in [0.717, 1.165) is 48.3 Å². The smallest absolute Gasteiger partial charge is 0.318 e. The molecule has 7 nitrogen and oxygen atoms in total. The molecule has 188 valence electrons. The van der Waals surface area contributed by atoms with Gasteiger partial charge in [-0.2, -0.15) is 0 Å². The molecular weight excluding hydrogens is 442 g/mol. The quantitative estimate of drug-likeness (QED) is 0.547. The fourth-order valence-corrected chi connectivity index (χ4v) is 6.91. The lowest BCUT2D eigenvalue weighted by molar-refractivity contribution is -0.133. The number of nitrogens with zero attached hydrogens (tertiary/aromatic N) is 2. The topological polar surface area (TPSA) is 75.0 Å². The molecular formula is C28H37N3O4. The number of benzene rings is 1. The third-order valence-electron chi connectivity index (χ3n) is 8.08. The van der Waals surface area contributed by atoms with E-state index in [9.17, 15) is 9.59 Å². The van der Waals surface area contributed by atoms with Crippen molar-refractivity contribution in [2.45, 2.75) is 57.2 Å². The molecule has 0 aliphatic heterocycles. The molecule has 0 unspecified atom stereocenters. The number of ether oxygens (including phenoxy) is 1. The highest BCUT2D eigenvalue weighted by molar-refractivity contribution is 5.84. The van der Waals surface area contributed by atoms with Crippen molar-refractivity contribution in [2.75, 3.05) is 26.8 Å². The summed E-state index contributed by atoms with van der Waals surface area (Å²) in [6, 6.07) is 13.5. The zero-order chi connectivity index (χ0) is 24.3. The summed E-state index contributed by atoms with van der Waals surface area (Å²) in [5.41, 5.74) is 0.937. The van der Waals surface area contributed by atoms with Gasteiger partial charge in [0.05, 0.1) is 19.4 Å². The number of urea groups is 1. The van der Waals surface area contributed by atoms with Gasteiger partial charge in [0.1, 0.15) is 12.3 Å². The Bertz CT molecular complexity index is 956. The van der Waals surface area contributed by atoms with Gasteiger partial charge < -0.3 is 24.3 Å². The van der Waals surface area contributed by atoms with Crippen molar-refractivity contribution in [3.8, 4) is 0 Å². The lowest BCUT2D eigenvalue weighted by Gasteiger charge is -2.57. The van der Waals surface area contributed by atoms with Crippen LogP contribution in [0.15, 0.2) is 53.1 Å². The molecule has 7 heteroatoms. The molecule has 35 heavy (non-hydrogen) atoms. The normalized spacial score (nSPS) is 26.5. The van der Waals surface area contributed by atoms with Crippen LogP contribution in [-0.2, 0) is 22.6 Å². The van der Waals surface area contributed by atoms with Gasteiger partial charge >= 0.3 is 6.03 Å². The van der Waals surface area contributed by atoms with E-state index >= 15 is 0 Å². The van der Waals surface area contributed by atoms with Crippen molar-refractivity contribution in [1.82, 2.24) is 15.1 Å². The maximum Gasteiger partial charge on any atom is 0.318 e. The average molecular weight is 480 g/mol. The Balaban J connectivity index is 1.28. The number of furan rings is 1. The SMILES string of the molecule is COCCN(CC(=O)N(Cc1ccccc1)Cc1ccco1)C(=O)NC12CC3CC(CC(C3)C1)C2. The van der Waals surface area contributed by atoms with Gasteiger partial charge in [0.2, 0.25) is 5.91 Å². The molecule has 0 radical (unpaired) electrons. The van der Waals surface area contributed by atoms with Crippen molar-refractivity contribution < 1.29 is 18.7 Å². The summed E-state index contributed by atoms with van der Waals surface area (Å²) in [6.07, 6.45) is 8.82. The Kier molecular flexibility index (Phi) is 7.14. The number of hydrogen-bond acceptors (Lipinski definition) is 4. The summed E-state index contributed by atoms with van der Waals surface area (Å²) < 4.78 is 10.8. The van der Waals surface area contributed by atoms with Crippen LogP contribution in [0.3, 0.4) is 0 Å². The summed E-state index contributed by atoms with van der Waals surface area (Å²) >= 11 is 0. The average Bonchev–Trinajstić information content (AvgIpc) is 3.34. The minimum absolute atomic E-state index is 0.00903. The van der Waals surface area contributed by atoms with Gasteiger partial charge in [-0.15, -0.1) is 0 Å². The largest absolute Gasteiger partial charge is 0.467 e. The van der Waals surface area contributed by atoms with Gasteiger partial charge in [0.15, 0.2) is 0 Å². The van der Waals surface area contributed by atoms with Gasteiger partial charge in [0.25, 0.3) is 0 Å². The number of hydrogen-bond donors (Lipinski definition) is 1. The van der Waals surface area contributed by atoms with E-state index in [4.69, 9.17) is 9.15 Å². The van der Waals surface area contributed by atoms with E-state index in [-0.39, 0.29) is 24.0 Å². The molecule has 2 aromatic rings. The van der Waals surface area contributed by atoms with Crippen molar-refractivity contribution in [3.05, 3.63) is 60.1 Å². The Morgan fingerprint density at radius 2 is 1.66 bits per heavy atom. The summed E-state index contributed by atoms with van der Waals surface area (Å²) in [4.78, 5) is 30.5. The molecule has 1 aromatic carbocycles. The first kappa shape index (κ1) is 23.9. The highest BCUT2D eigenvalue weighted by Gasteiger charge is 2.51. The highest BCUT2D eigenvalue weighted by atomic mass is 16.5. The molecule has 0 spiro atoms. The minimum Gasteiger partial charge on any atom is -0.467 e. The fourth-order valence-electron chi connectivity index (χ4n) is 6.91. The van der Waals surface area contributed by atoms with Crippen molar-refractivity contribution in [2.24, 2.45) is 17.8 Å². The summed E-state index contributed by atoms with van der Waals surface area (Å²) in [5.74, 6) is 2.83. The van der Waals surface area contributed by atoms with Crippen molar-refractivity contribution >= 4 is 11.9 Å². The van der Waals surface area contributed by atoms with Gasteiger partial charge in [-0.05, 0) is 74.0 Å². The maximum absolute atomic E-state index is 13.5. The summed E-state index contributed by atoms with van der Waals surface area (Å²) in [5, 5.41) is 3.42. The zero-order valence-electron chi connectivity index (χ0n) is 20.7. The molecule has 1 N–H and O–H groups in total. The Morgan fingerprint density at radius 1 is 0.971 bits per heavy atom. The summed E-state index contributed by atoms with van der Waals surface area (Å²) in [7, 11) is 1.62. The van der Waals surface area contributed by atoms with E-state index in [0.29, 0.717) is 26.2 Å². The monoisotopic (exact) mass is 479 g/mol. The van der Waals surface area contributed by atoms with Crippen LogP contribution in [0.5, 0.6) is 0 Å². The number of rotatable bonds is 10. The van der Waals surface area contributed by atoms with Gasteiger partial charge in [-0.25, -0.2) is 4.79 Å². The van der Waals surface area contributed by atoms with E-state index in [1.54, 1.807) is 23.2 Å². The van der Waals surface area contributed by atoms with Crippen LogP contribution in [0.1, 0.15) is 49.8 Å². The van der Waals surface area contributed by atoms with Crippen LogP contribution in [-0.4, -0.2) is 54.1 Å². The first-order valence-corrected chi connectivity index (χ1v) is 12.9. The number of carbonyl (C=O) groups excluding carboxylic acids is 2. The van der Waals surface area contributed by atoms with Crippen molar-refractivity contribution in [3.63, 3.8) is 0 Å². The van der Waals surface area contributed by atoms with E-state index < -0.39 is 0 Å². The number of amides is 3. The van der Waals surface area contributed by atoms with E-state index in [1.165, 1.54) is 19.3 Å². The van der Waals surface area contributed by atoms with Gasteiger partial charge in [-0.1, -0.05) is 30.3 Å². The van der Waals surface area contributed by atoms with Crippen LogP contribution in [0.2, 0.25) is 0 Å². The van der Waals surface area contributed by atoms with Gasteiger partial charge in [0, 0.05) is 25.7 Å².